The summed E-state index contributed by atoms with van der Waals surface area (Å²) in [6, 6.07) is 0. The molecule has 0 aromatic heterocycles. The molecule has 1 heterocycles. The Labute approximate surface area is 121 Å². The minimum absolute atomic E-state index is 0.648. The monoisotopic (exact) mass is 289 g/mol. The van der Waals surface area contributed by atoms with Gasteiger partial charge >= 0.3 is 0 Å². The van der Waals surface area contributed by atoms with Crippen LogP contribution in [0.4, 0.5) is 0 Å². The van der Waals surface area contributed by atoms with Gasteiger partial charge in [-0.3, -0.25) is 4.99 Å². The lowest BCUT2D eigenvalue weighted by molar-refractivity contribution is 0.0731. The molecule has 1 unspecified atom stereocenters. The zero-order valence-electron chi connectivity index (χ0n) is 12.4. The highest BCUT2D eigenvalue weighted by Crippen LogP contribution is 2.20. The molecule has 0 aromatic carbocycles. The van der Waals surface area contributed by atoms with E-state index in [1.54, 1.807) is 7.11 Å². The van der Waals surface area contributed by atoms with Crippen LogP contribution in [0.5, 0.6) is 0 Å². The molecule has 1 saturated heterocycles. The van der Waals surface area contributed by atoms with Gasteiger partial charge in [-0.25, -0.2) is 0 Å². The molecule has 1 N–H and O–H groups in total. The van der Waals surface area contributed by atoms with Crippen LogP contribution < -0.4 is 5.32 Å². The summed E-state index contributed by atoms with van der Waals surface area (Å²) in [6.07, 6.45) is 1.22. The first-order chi connectivity index (χ1) is 9.31. The maximum Gasteiger partial charge on any atom is 0.193 e. The topological polar surface area (TPSA) is 46.1 Å². The molecular weight excluding hydrogens is 262 g/mol. The van der Waals surface area contributed by atoms with Crippen LogP contribution in [-0.2, 0) is 9.47 Å². The maximum atomic E-state index is 5.43. The smallest absolute Gasteiger partial charge is 0.193 e. The predicted octanol–water partition coefficient (Wildman–Crippen LogP) is 1.05. The Bertz CT molecular complexity index is 264. The van der Waals surface area contributed by atoms with Gasteiger partial charge in [0.15, 0.2) is 5.96 Å². The highest BCUT2D eigenvalue weighted by atomic mass is 32.2. The molecule has 0 aliphatic carbocycles. The second kappa shape index (κ2) is 10.3. The minimum Gasteiger partial charge on any atom is -0.382 e. The summed E-state index contributed by atoms with van der Waals surface area (Å²) in [5.41, 5.74) is 0. The number of guanidine groups is 1. The van der Waals surface area contributed by atoms with Crippen LogP contribution in [0.15, 0.2) is 4.99 Å². The van der Waals surface area contributed by atoms with Crippen molar-refractivity contribution in [3.8, 4) is 0 Å². The maximum absolute atomic E-state index is 5.43. The van der Waals surface area contributed by atoms with Gasteiger partial charge in [-0.2, -0.15) is 11.8 Å². The van der Waals surface area contributed by atoms with Gasteiger partial charge < -0.3 is 19.7 Å². The molecule has 5 nitrogen and oxygen atoms in total. The summed E-state index contributed by atoms with van der Waals surface area (Å²) in [7, 11) is 3.53. The van der Waals surface area contributed by atoms with Crippen LogP contribution in [0, 0.1) is 0 Å². The first kappa shape index (κ1) is 16.6. The molecule has 1 aliphatic rings. The van der Waals surface area contributed by atoms with E-state index in [0.717, 1.165) is 30.8 Å². The molecule has 1 fully saturated rings. The van der Waals surface area contributed by atoms with Crippen LogP contribution >= 0.6 is 11.8 Å². The number of hydrogen-bond donors (Lipinski definition) is 1. The van der Waals surface area contributed by atoms with E-state index in [-0.39, 0.29) is 0 Å². The standard InChI is InChI=1S/C13H27N3O2S/c1-4-12-11-16(6-10-19-12)13(14-2)15-5-7-18-9-8-17-3/h12H,4-11H2,1-3H3,(H,14,15). The Balaban J connectivity index is 2.21. The Morgan fingerprint density at radius 3 is 2.95 bits per heavy atom. The van der Waals surface area contributed by atoms with Crippen LogP contribution in [0.2, 0.25) is 0 Å². The summed E-state index contributed by atoms with van der Waals surface area (Å²) in [5, 5.41) is 4.09. The normalized spacial score (nSPS) is 20.7. The van der Waals surface area contributed by atoms with Crippen molar-refractivity contribution in [1.82, 2.24) is 10.2 Å². The van der Waals surface area contributed by atoms with E-state index in [1.807, 2.05) is 7.05 Å². The van der Waals surface area contributed by atoms with Crippen molar-refractivity contribution in [3.05, 3.63) is 0 Å². The van der Waals surface area contributed by atoms with Crippen LogP contribution in [0.25, 0.3) is 0 Å². The molecular formula is C13H27N3O2S. The van der Waals surface area contributed by atoms with Crippen molar-refractivity contribution >= 4 is 17.7 Å². The number of hydrogen-bond acceptors (Lipinski definition) is 4. The van der Waals surface area contributed by atoms with E-state index in [1.165, 1.54) is 12.2 Å². The molecule has 0 radical (unpaired) electrons. The average Bonchev–Trinajstić information content (AvgIpc) is 2.46. The van der Waals surface area contributed by atoms with Crippen molar-refractivity contribution in [1.29, 1.82) is 0 Å². The fourth-order valence-electron chi connectivity index (χ4n) is 1.97. The summed E-state index contributed by atoms with van der Waals surface area (Å²) in [4.78, 5) is 6.70. The predicted molar refractivity (Wildman–Crippen MR) is 82.2 cm³/mol. The second-order valence-electron chi connectivity index (χ2n) is 4.43. The molecule has 0 spiro atoms. The molecule has 6 heteroatoms. The van der Waals surface area contributed by atoms with Crippen molar-refractivity contribution in [2.45, 2.75) is 18.6 Å². The average molecular weight is 289 g/mol. The molecule has 1 atom stereocenters. The summed E-state index contributed by atoms with van der Waals surface area (Å²) >= 11 is 2.07. The number of methoxy groups -OCH3 is 1. The minimum atomic E-state index is 0.648. The quantitative estimate of drug-likeness (QED) is 0.431. The van der Waals surface area contributed by atoms with Crippen LogP contribution in [-0.4, -0.2) is 75.5 Å². The van der Waals surface area contributed by atoms with Gasteiger partial charge in [0.1, 0.15) is 0 Å². The molecule has 112 valence electrons. The van der Waals surface area contributed by atoms with E-state index in [0.29, 0.717) is 19.8 Å². The van der Waals surface area contributed by atoms with E-state index in [4.69, 9.17) is 9.47 Å². The number of aliphatic imine (C=N–C) groups is 1. The Morgan fingerprint density at radius 2 is 2.26 bits per heavy atom. The molecule has 19 heavy (non-hydrogen) atoms. The lowest BCUT2D eigenvalue weighted by Crippen LogP contribution is -2.48. The fourth-order valence-corrected chi connectivity index (χ4v) is 3.15. The van der Waals surface area contributed by atoms with Crippen molar-refractivity contribution in [3.63, 3.8) is 0 Å². The van der Waals surface area contributed by atoms with E-state index >= 15 is 0 Å². The molecule has 0 bridgehead atoms. The van der Waals surface area contributed by atoms with Crippen molar-refractivity contribution < 1.29 is 9.47 Å². The lowest BCUT2D eigenvalue weighted by Gasteiger charge is -2.34. The second-order valence-corrected chi connectivity index (χ2v) is 5.83. The Hall–Kier alpha value is -0.460. The number of thioether (sulfide) groups is 1. The SMILES string of the molecule is CCC1CN(C(=NC)NCCOCCOC)CCS1. The first-order valence-electron chi connectivity index (χ1n) is 6.95. The third-order valence-electron chi connectivity index (χ3n) is 3.07. The van der Waals surface area contributed by atoms with E-state index in [9.17, 15) is 0 Å². The largest absolute Gasteiger partial charge is 0.382 e. The summed E-state index contributed by atoms with van der Waals surface area (Å²) < 4.78 is 10.4. The highest BCUT2D eigenvalue weighted by molar-refractivity contribution is 8.00. The highest BCUT2D eigenvalue weighted by Gasteiger charge is 2.21. The molecule has 0 amide bonds. The zero-order valence-corrected chi connectivity index (χ0v) is 13.2. The van der Waals surface area contributed by atoms with Crippen LogP contribution in [0.1, 0.15) is 13.3 Å². The molecule has 1 aliphatic heterocycles. The van der Waals surface area contributed by atoms with Gasteiger partial charge in [-0.05, 0) is 6.42 Å². The molecule has 0 aromatic rings. The van der Waals surface area contributed by atoms with Gasteiger partial charge in [0.05, 0.1) is 19.8 Å². The van der Waals surface area contributed by atoms with Crippen molar-refractivity contribution in [2.24, 2.45) is 4.99 Å². The number of ether oxygens (including phenoxy) is 2. The van der Waals surface area contributed by atoms with Gasteiger partial charge in [-0.1, -0.05) is 6.92 Å². The fraction of sp³-hybridized carbons (Fsp3) is 0.923. The van der Waals surface area contributed by atoms with E-state index in [2.05, 4.69) is 33.9 Å². The Kier molecular flexibility index (Phi) is 9.03. The summed E-state index contributed by atoms with van der Waals surface area (Å²) in [6.45, 7) is 7.18. The number of rotatable bonds is 7. The van der Waals surface area contributed by atoms with Gasteiger partial charge in [0.25, 0.3) is 0 Å². The first-order valence-corrected chi connectivity index (χ1v) is 8.00. The zero-order chi connectivity index (χ0) is 13.9. The van der Waals surface area contributed by atoms with Gasteiger partial charge in [0.2, 0.25) is 0 Å². The summed E-state index contributed by atoms with van der Waals surface area (Å²) in [5.74, 6) is 2.18. The Morgan fingerprint density at radius 1 is 1.42 bits per heavy atom. The number of nitrogens with zero attached hydrogens (tertiary/aromatic N) is 2. The third kappa shape index (κ3) is 6.49. The van der Waals surface area contributed by atoms with E-state index < -0.39 is 0 Å². The van der Waals surface area contributed by atoms with Gasteiger partial charge in [0, 0.05) is 44.8 Å². The molecule has 0 saturated carbocycles. The van der Waals surface area contributed by atoms with Gasteiger partial charge in [-0.15, -0.1) is 0 Å². The number of nitrogens with one attached hydrogen (secondary N) is 1. The third-order valence-corrected chi connectivity index (χ3v) is 4.44. The van der Waals surface area contributed by atoms with Crippen molar-refractivity contribution in [2.75, 3.05) is 59.4 Å². The van der Waals surface area contributed by atoms with Crippen LogP contribution in [0.3, 0.4) is 0 Å². The molecule has 1 rings (SSSR count). The lowest BCUT2D eigenvalue weighted by atomic mass is 10.3.